The number of rotatable bonds is 4. The Morgan fingerprint density at radius 3 is 2.81 bits per heavy atom. The van der Waals surface area contributed by atoms with E-state index in [9.17, 15) is 4.79 Å². The van der Waals surface area contributed by atoms with E-state index in [0.717, 1.165) is 16.1 Å². The molecule has 0 spiro atoms. The van der Waals surface area contributed by atoms with E-state index in [1.54, 1.807) is 17.4 Å². The number of thiophene rings is 1. The van der Waals surface area contributed by atoms with Crippen LogP contribution in [0.2, 0.25) is 5.02 Å². The van der Waals surface area contributed by atoms with Crippen LogP contribution in [-0.4, -0.2) is 10.9 Å². The average molecular weight is 335 g/mol. The molecule has 2 heterocycles. The Balaban J connectivity index is 1.67. The molecule has 0 aliphatic heterocycles. The average Bonchev–Trinajstić information content (AvgIpc) is 3.12. The number of halogens is 1. The first-order chi connectivity index (χ1) is 10.2. The number of nitrogens with zero attached hydrogens (tertiary/aromatic N) is 1. The number of benzene rings is 1. The van der Waals surface area contributed by atoms with Gasteiger partial charge in [-0.05, 0) is 23.1 Å². The molecule has 3 rings (SSSR count). The van der Waals surface area contributed by atoms with Crippen molar-refractivity contribution in [2.45, 2.75) is 6.42 Å². The smallest absolute Gasteiger partial charge is 0.230 e. The van der Waals surface area contributed by atoms with E-state index in [4.69, 9.17) is 11.6 Å². The molecule has 21 heavy (non-hydrogen) atoms. The van der Waals surface area contributed by atoms with Gasteiger partial charge in [-0.3, -0.25) is 4.79 Å². The molecule has 1 amide bonds. The van der Waals surface area contributed by atoms with E-state index < -0.39 is 0 Å². The maximum atomic E-state index is 12.0. The van der Waals surface area contributed by atoms with Gasteiger partial charge in [-0.1, -0.05) is 35.9 Å². The van der Waals surface area contributed by atoms with Crippen LogP contribution >= 0.6 is 34.3 Å². The molecule has 2 aromatic heterocycles. The first-order valence-corrected chi connectivity index (χ1v) is 8.39. The normalized spacial score (nSPS) is 10.5. The van der Waals surface area contributed by atoms with Crippen molar-refractivity contribution in [3.63, 3.8) is 0 Å². The molecular weight excluding hydrogens is 324 g/mol. The molecule has 0 bridgehead atoms. The van der Waals surface area contributed by atoms with E-state index in [1.165, 1.54) is 11.3 Å². The van der Waals surface area contributed by atoms with Gasteiger partial charge >= 0.3 is 0 Å². The number of carbonyl (C=O) groups excluding carboxylic acids is 1. The molecule has 0 unspecified atom stereocenters. The first-order valence-electron chi connectivity index (χ1n) is 6.25. The van der Waals surface area contributed by atoms with Crippen molar-refractivity contribution in [1.29, 1.82) is 0 Å². The lowest BCUT2D eigenvalue weighted by Crippen LogP contribution is -2.14. The SMILES string of the molecule is O=C(Cc1ccccc1Cl)Nc1nc(-c2cccs2)cs1. The number of hydrogen-bond acceptors (Lipinski definition) is 4. The third kappa shape index (κ3) is 3.50. The van der Waals surface area contributed by atoms with Crippen LogP contribution in [-0.2, 0) is 11.2 Å². The zero-order valence-electron chi connectivity index (χ0n) is 10.9. The van der Waals surface area contributed by atoms with E-state index in [2.05, 4.69) is 10.3 Å². The van der Waals surface area contributed by atoms with Crippen LogP contribution in [0.3, 0.4) is 0 Å². The zero-order chi connectivity index (χ0) is 14.7. The maximum Gasteiger partial charge on any atom is 0.230 e. The molecular formula is C15H11ClN2OS2. The summed E-state index contributed by atoms with van der Waals surface area (Å²) in [5.41, 5.74) is 1.70. The Kier molecular flexibility index (Phi) is 4.34. The van der Waals surface area contributed by atoms with Crippen LogP contribution in [0.5, 0.6) is 0 Å². The van der Waals surface area contributed by atoms with E-state index >= 15 is 0 Å². The second-order valence-electron chi connectivity index (χ2n) is 4.33. The van der Waals surface area contributed by atoms with Gasteiger partial charge in [0.25, 0.3) is 0 Å². The predicted octanol–water partition coefficient (Wildman–Crippen LogP) is 4.71. The van der Waals surface area contributed by atoms with Crippen LogP contribution in [0.25, 0.3) is 10.6 Å². The van der Waals surface area contributed by atoms with E-state index in [-0.39, 0.29) is 12.3 Å². The number of amides is 1. The van der Waals surface area contributed by atoms with Crippen molar-refractivity contribution < 1.29 is 4.79 Å². The molecule has 6 heteroatoms. The predicted molar refractivity (Wildman–Crippen MR) is 89.2 cm³/mol. The Morgan fingerprint density at radius 1 is 1.19 bits per heavy atom. The van der Waals surface area contributed by atoms with Crippen LogP contribution in [0, 0.1) is 0 Å². The standard InChI is InChI=1S/C15H11ClN2OS2/c16-11-5-2-1-4-10(11)8-14(19)18-15-17-12(9-21-15)13-6-3-7-20-13/h1-7,9H,8H2,(H,17,18,19). The number of nitrogens with one attached hydrogen (secondary N) is 1. The third-order valence-corrected chi connectivity index (χ3v) is 4.85. The molecule has 0 aliphatic carbocycles. The summed E-state index contributed by atoms with van der Waals surface area (Å²) in [6.07, 6.45) is 0.244. The summed E-state index contributed by atoms with van der Waals surface area (Å²) in [5, 5.41) is 7.97. The van der Waals surface area contributed by atoms with Crippen molar-refractivity contribution in [1.82, 2.24) is 4.98 Å². The van der Waals surface area contributed by atoms with Crippen molar-refractivity contribution in [2.24, 2.45) is 0 Å². The van der Waals surface area contributed by atoms with Gasteiger partial charge in [-0.15, -0.1) is 22.7 Å². The van der Waals surface area contributed by atoms with Crippen molar-refractivity contribution in [3.8, 4) is 10.6 Å². The van der Waals surface area contributed by atoms with Crippen molar-refractivity contribution >= 4 is 45.3 Å². The summed E-state index contributed by atoms with van der Waals surface area (Å²) in [4.78, 5) is 17.5. The fourth-order valence-corrected chi connectivity index (χ4v) is 3.54. The molecule has 0 radical (unpaired) electrons. The summed E-state index contributed by atoms with van der Waals surface area (Å²) in [6, 6.07) is 11.3. The first kappa shape index (κ1) is 14.3. The van der Waals surface area contributed by atoms with Gasteiger partial charge in [0.1, 0.15) is 0 Å². The zero-order valence-corrected chi connectivity index (χ0v) is 13.3. The Hall–Kier alpha value is -1.69. The Morgan fingerprint density at radius 2 is 2.05 bits per heavy atom. The highest BCUT2D eigenvalue weighted by atomic mass is 35.5. The highest BCUT2D eigenvalue weighted by Gasteiger charge is 2.10. The summed E-state index contributed by atoms with van der Waals surface area (Å²) in [5.74, 6) is -0.116. The quantitative estimate of drug-likeness (QED) is 0.751. The summed E-state index contributed by atoms with van der Waals surface area (Å²) >= 11 is 9.10. The van der Waals surface area contributed by atoms with Gasteiger partial charge in [0, 0.05) is 10.4 Å². The van der Waals surface area contributed by atoms with Crippen molar-refractivity contribution in [3.05, 3.63) is 57.7 Å². The Bertz CT molecular complexity index is 753. The molecule has 106 valence electrons. The molecule has 0 saturated heterocycles. The minimum Gasteiger partial charge on any atom is -0.302 e. The molecule has 3 nitrogen and oxygen atoms in total. The molecule has 1 N–H and O–H groups in total. The number of aromatic nitrogens is 1. The fourth-order valence-electron chi connectivity index (χ4n) is 1.85. The molecule has 0 saturated carbocycles. The Labute approximate surface area is 135 Å². The largest absolute Gasteiger partial charge is 0.302 e. The second-order valence-corrected chi connectivity index (χ2v) is 6.54. The lowest BCUT2D eigenvalue weighted by molar-refractivity contribution is -0.115. The van der Waals surface area contributed by atoms with Gasteiger partial charge < -0.3 is 5.32 Å². The summed E-state index contributed by atoms with van der Waals surface area (Å²) in [6.45, 7) is 0. The number of carbonyl (C=O) groups is 1. The maximum absolute atomic E-state index is 12.0. The van der Waals surface area contributed by atoms with Crippen molar-refractivity contribution in [2.75, 3.05) is 5.32 Å². The number of hydrogen-bond donors (Lipinski definition) is 1. The third-order valence-electron chi connectivity index (χ3n) is 2.83. The lowest BCUT2D eigenvalue weighted by atomic mass is 10.1. The summed E-state index contributed by atoms with van der Waals surface area (Å²) < 4.78 is 0. The van der Waals surface area contributed by atoms with Crippen LogP contribution in [0.4, 0.5) is 5.13 Å². The van der Waals surface area contributed by atoms with Gasteiger partial charge in [0.15, 0.2) is 5.13 Å². The lowest BCUT2D eigenvalue weighted by Gasteiger charge is -2.03. The molecule has 0 atom stereocenters. The van der Waals surface area contributed by atoms with E-state index in [0.29, 0.717) is 10.2 Å². The van der Waals surface area contributed by atoms with Gasteiger partial charge in [0.05, 0.1) is 17.0 Å². The topological polar surface area (TPSA) is 42.0 Å². The second kappa shape index (κ2) is 6.39. The molecule has 0 aliphatic rings. The molecule has 1 aromatic carbocycles. The van der Waals surface area contributed by atoms with Gasteiger partial charge in [-0.25, -0.2) is 4.98 Å². The monoisotopic (exact) mass is 334 g/mol. The minimum atomic E-state index is -0.116. The van der Waals surface area contributed by atoms with Crippen LogP contribution in [0.15, 0.2) is 47.2 Å². The van der Waals surface area contributed by atoms with Crippen LogP contribution < -0.4 is 5.32 Å². The summed E-state index contributed by atoms with van der Waals surface area (Å²) in [7, 11) is 0. The van der Waals surface area contributed by atoms with Crippen LogP contribution in [0.1, 0.15) is 5.56 Å². The highest BCUT2D eigenvalue weighted by molar-refractivity contribution is 7.16. The van der Waals surface area contributed by atoms with Gasteiger partial charge in [-0.2, -0.15) is 0 Å². The van der Waals surface area contributed by atoms with E-state index in [1.807, 2.05) is 41.1 Å². The molecule has 3 aromatic rings. The van der Waals surface area contributed by atoms with Gasteiger partial charge in [0.2, 0.25) is 5.91 Å². The highest BCUT2D eigenvalue weighted by Crippen LogP contribution is 2.28. The number of anilines is 1. The number of thiazole rings is 1. The minimum absolute atomic E-state index is 0.116. The molecule has 0 fully saturated rings. The fraction of sp³-hybridized carbons (Fsp3) is 0.0667.